The van der Waals surface area contributed by atoms with Crippen LogP contribution in [0.5, 0.6) is 11.5 Å². The van der Waals surface area contributed by atoms with Gasteiger partial charge in [0.1, 0.15) is 0 Å². The van der Waals surface area contributed by atoms with E-state index in [0.717, 1.165) is 46.3 Å². The number of piperidine rings is 1. The Labute approximate surface area is 139 Å². The third kappa shape index (κ3) is 2.81. The van der Waals surface area contributed by atoms with Gasteiger partial charge in [-0.1, -0.05) is 6.92 Å². The summed E-state index contributed by atoms with van der Waals surface area (Å²) in [5, 5.41) is 0. The van der Waals surface area contributed by atoms with Gasteiger partial charge in [0.15, 0.2) is 11.5 Å². The van der Waals surface area contributed by atoms with Gasteiger partial charge in [0.25, 0.3) is 5.91 Å². The van der Waals surface area contributed by atoms with Gasteiger partial charge in [-0.2, -0.15) is 0 Å². The van der Waals surface area contributed by atoms with E-state index in [2.05, 4.69) is 6.92 Å². The van der Waals surface area contributed by atoms with Gasteiger partial charge in [-0.15, -0.1) is 11.3 Å². The Balaban J connectivity index is 1.55. The minimum absolute atomic E-state index is 0.161. The number of fused-ring (bicyclic) bond motifs is 1. The van der Waals surface area contributed by atoms with Gasteiger partial charge >= 0.3 is 0 Å². The Kier molecular flexibility index (Phi) is 3.73. The van der Waals surface area contributed by atoms with Crippen molar-refractivity contribution in [2.75, 3.05) is 19.9 Å². The minimum atomic E-state index is 0.161. The molecule has 3 heterocycles. The maximum atomic E-state index is 12.7. The smallest absolute Gasteiger partial charge is 0.263 e. The lowest BCUT2D eigenvalue weighted by Crippen LogP contribution is -2.38. The highest BCUT2D eigenvalue weighted by molar-refractivity contribution is 7.17. The molecule has 1 saturated heterocycles. The van der Waals surface area contributed by atoms with Crippen LogP contribution in [0.4, 0.5) is 0 Å². The number of carbonyl (C=O) groups is 1. The summed E-state index contributed by atoms with van der Waals surface area (Å²) in [4.78, 5) is 16.6. The zero-order valence-corrected chi connectivity index (χ0v) is 13.9. The van der Waals surface area contributed by atoms with E-state index in [1.807, 2.05) is 35.2 Å². The van der Waals surface area contributed by atoms with Crippen molar-refractivity contribution in [2.24, 2.45) is 5.92 Å². The topological polar surface area (TPSA) is 38.8 Å². The molecule has 2 aliphatic heterocycles. The number of hydrogen-bond acceptors (Lipinski definition) is 4. The van der Waals surface area contributed by atoms with E-state index in [0.29, 0.717) is 5.92 Å². The quantitative estimate of drug-likeness (QED) is 0.835. The first kappa shape index (κ1) is 14.6. The van der Waals surface area contributed by atoms with Crippen LogP contribution in [0.15, 0.2) is 30.3 Å². The molecule has 1 atom stereocenters. The SMILES string of the molecule is C[C@H]1CCCN(C(=O)c2ccc(-c3ccc4c(c3)OCO4)s2)C1. The second-order valence-corrected chi connectivity index (χ2v) is 7.31. The van der Waals surface area contributed by atoms with Crippen molar-refractivity contribution in [3.05, 3.63) is 35.2 Å². The van der Waals surface area contributed by atoms with Crippen molar-refractivity contribution in [1.82, 2.24) is 4.90 Å². The van der Waals surface area contributed by atoms with Gasteiger partial charge in [-0.3, -0.25) is 4.79 Å². The van der Waals surface area contributed by atoms with E-state index >= 15 is 0 Å². The van der Waals surface area contributed by atoms with Gasteiger partial charge < -0.3 is 14.4 Å². The largest absolute Gasteiger partial charge is 0.454 e. The molecule has 0 N–H and O–H groups in total. The van der Waals surface area contributed by atoms with E-state index in [9.17, 15) is 4.79 Å². The van der Waals surface area contributed by atoms with E-state index in [4.69, 9.17) is 9.47 Å². The van der Waals surface area contributed by atoms with E-state index < -0.39 is 0 Å². The van der Waals surface area contributed by atoms with Crippen LogP contribution in [0.3, 0.4) is 0 Å². The van der Waals surface area contributed by atoms with Crippen LogP contribution in [-0.2, 0) is 0 Å². The summed E-state index contributed by atoms with van der Waals surface area (Å²) in [6.07, 6.45) is 2.32. The van der Waals surface area contributed by atoms with Crippen molar-refractivity contribution < 1.29 is 14.3 Å². The highest BCUT2D eigenvalue weighted by Gasteiger charge is 2.23. The molecular weight excluding hydrogens is 310 g/mol. The monoisotopic (exact) mass is 329 g/mol. The first-order chi connectivity index (χ1) is 11.2. The number of carbonyl (C=O) groups excluding carboxylic acids is 1. The zero-order chi connectivity index (χ0) is 15.8. The fourth-order valence-electron chi connectivity index (χ4n) is 3.19. The predicted octanol–water partition coefficient (Wildman–Crippen LogP) is 4.02. The molecule has 2 aliphatic rings. The highest BCUT2D eigenvalue weighted by atomic mass is 32.1. The number of likely N-dealkylation sites (tertiary alicyclic amines) is 1. The molecule has 4 nitrogen and oxygen atoms in total. The third-order valence-corrected chi connectivity index (χ3v) is 5.54. The van der Waals surface area contributed by atoms with Crippen LogP contribution < -0.4 is 9.47 Å². The predicted molar refractivity (Wildman–Crippen MR) is 90.2 cm³/mol. The van der Waals surface area contributed by atoms with Crippen molar-refractivity contribution in [3.8, 4) is 21.9 Å². The molecule has 1 aromatic heterocycles. The molecule has 1 amide bonds. The minimum Gasteiger partial charge on any atom is -0.454 e. The Morgan fingerprint density at radius 1 is 1.22 bits per heavy atom. The number of rotatable bonds is 2. The molecule has 0 bridgehead atoms. The lowest BCUT2D eigenvalue weighted by molar-refractivity contribution is 0.0688. The number of thiophene rings is 1. The van der Waals surface area contributed by atoms with Gasteiger partial charge in [0.2, 0.25) is 6.79 Å². The average molecular weight is 329 g/mol. The third-order valence-electron chi connectivity index (χ3n) is 4.42. The van der Waals surface area contributed by atoms with Crippen LogP contribution in [0, 0.1) is 5.92 Å². The van der Waals surface area contributed by atoms with Gasteiger partial charge in [0, 0.05) is 18.0 Å². The Bertz CT molecular complexity index is 740. The summed E-state index contributed by atoms with van der Waals surface area (Å²) >= 11 is 1.55. The highest BCUT2D eigenvalue weighted by Crippen LogP contribution is 2.38. The van der Waals surface area contributed by atoms with E-state index in [-0.39, 0.29) is 12.7 Å². The molecule has 1 fully saturated rings. The number of ether oxygens (including phenoxy) is 2. The summed E-state index contributed by atoms with van der Waals surface area (Å²) in [6.45, 7) is 4.24. The van der Waals surface area contributed by atoms with Crippen LogP contribution in [-0.4, -0.2) is 30.7 Å². The Hall–Kier alpha value is -2.01. The first-order valence-electron chi connectivity index (χ1n) is 8.00. The summed E-state index contributed by atoms with van der Waals surface area (Å²) < 4.78 is 10.8. The fourth-order valence-corrected chi connectivity index (χ4v) is 4.16. The van der Waals surface area contributed by atoms with Gasteiger partial charge in [-0.05, 0) is 54.7 Å². The van der Waals surface area contributed by atoms with Crippen LogP contribution in [0.25, 0.3) is 10.4 Å². The number of nitrogens with zero attached hydrogens (tertiary/aromatic N) is 1. The molecule has 0 unspecified atom stereocenters. The van der Waals surface area contributed by atoms with E-state index in [1.165, 1.54) is 6.42 Å². The van der Waals surface area contributed by atoms with Crippen molar-refractivity contribution >= 4 is 17.2 Å². The van der Waals surface area contributed by atoms with Crippen LogP contribution in [0.1, 0.15) is 29.4 Å². The normalized spacial score (nSPS) is 19.9. The molecule has 0 spiro atoms. The first-order valence-corrected chi connectivity index (χ1v) is 8.81. The molecule has 120 valence electrons. The van der Waals surface area contributed by atoms with Crippen molar-refractivity contribution in [2.45, 2.75) is 19.8 Å². The van der Waals surface area contributed by atoms with Crippen LogP contribution >= 0.6 is 11.3 Å². The number of amides is 1. The molecule has 0 radical (unpaired) electrons. The average Bonchev–Trinajstić information content (AvgIpc) is 3.22. The Morgan fingerprint density at radius 3 is 2.96 bits per heavy atom. The fraction of sp³-hybridized carbons (Fsp3) is 0.389. The molecule has 23 heavy (non-hydrogen) atoms. The lowest BCUT2D eigenvalue weighted by atomic mass is 10.0. The molecule has 5 heteroatoms. The van der Waals surface area contributed by atoms with Gasteiger partial charge in [-0.25, -0.2) is 0 Å². The maximum absolute atomic E-state index is 12.7. The second-order valence-electron chi connectivity index (χ2n) is 6.23. The van der Waals surface area contributed by atoms with Crippen molar-refractivity contribution in [1.29, 1.82) is 0 Å². The second kappa shape index (κ2) is 5.89. The summed E-state index contributed by atoms with van der Waals surface area (Å²) in [6, 6.07) is 9.86. The molecule has 0 saturated carbocycles. The number of hydrogen-bond donors (Lipinski definition) is 0. The molecule has 4 rings (SSSR count). The summed E-state index contributed by atoms with van der Waals surface area (Å²) in [5.41, 5.74) is 1.06. The summed E-state index contributed by atoms with van der Waals surface area (Å²) in [5.74, 6) is 2.31. The zero-order valence-electron chi connectivity index (χ0n) is 13.1. The molecule has 0 aliphatic carbocycles. The summed E-state index contributed by atoms with van der Waals surface area (Å²) in [7, 11) is 0. The standard InChI is InChI=1S/C18H19NO3S/c1-12-3-2-8-19(10-12)18(20)17-7-6-16(23-17)13-4-5-14-15(9-13)22-11-21-14/h4-7,9,12H,2-3,8,10-11H2,1H3/t12-/m0/s1. The number of benzene rings is 1. The molecule has 2 aromatic rings. The van der Waals surface area contributed by atoms with Gasteiger partial charge in [0.05, 0.1) is 4.88 Å². The van der Waals surface area contributed by atoms with E-state index in [1.54, 1.807) is 11.3 Å². The lowest BCUT2D eigenvalue weighted by Gasteiger charge is -2.30. The maximum Gasteiger partial charge on any atom is 0.263 e. The van der Waals surface area contributed by atoms with Crippen LogP contribution in [0.2, 0.25) is 0 Å². The molecular formula is C18H19NO3S. The van der Waals surface area contributed by atoms with Crippen molar-refractivity contribution in [3.63, 3.8) is 0 Å². The Morgan fingerprint density at radius 2 is 2.09 bits per heavy atom. The molecule has 1 aromatic carbocycles.